The van der Waals surface area contributed by atoms with Crippen LogP contribution in [-0.4, -0.2) is 23.8 Å². The maximum Gasteiger partial charge on any atom is 0.336 e. The van der Waals surface area contributed by atoms with Gasteiger partial charge in [-0.05, 0) is 37.8 Å². The Morgan fingerprint density at radius 3 is 2.73 bits per heavy atom. The molecule has 2 rings (SSSR count). The first-order chi connectivity index (χ1) is 10.6. The Kier molecular flexibility index (Phi) is 5.23. The largest absolute Gasteiger partial charge is 0.463 e. The van der Waals surface area contributed by atoms with Crippen LogP contribution in [0.2, 0.25) is 0 Å². The molecule has 1 aromatic heterocycles. The quantitative estimate of drug-likeness (QED) is 0.861. The molecule has 22 heavy (non-hydrogen) atoms. The highest BCUT2D eigenvalue weighted by atomic mass is 32.2. The lowest BCUT2D eigenvalue weighted by Gasteiger charge is -2.28. The van der Waals surface area contributed by atoms with Crippen molar-refractivity contribution in [1.82, 2.24) is 10.3 Å². The van der Waals surface area contributed by atoms with Gasteiger partial charge in [0.2, 0.25) is 0 Å². The van der Waals surface area contributed by atoms with Gasteiger partial charge in [-0.1, -0.05) is 0 Å². The van der Waals surface area contributed by atoms with Gasteiger partial charge < -0.3 is 10.1 Å². The van der Waals surface area contributed by atoms with E-state index in [1.54, 1.807) is 19.3 Å². The summed E-state index contributed by atoms with van der Waals surface area (Å²) in [7, 11) is 0. The standard InChI is InChI=1S/C16H17N3O2S/c1-4-21-16(20)13-10(2)19-15(22-3)12(9-17)14(13)11-5-7-18-8-6-11/h5-8,14,19H,4H2,1-3H3. The summed E-state index contributed by atoms with van der Waals surface area (Å²) in [6.07, 6.45) is 5.21. The van der Waals surface area contributed by atoms with Crippen LogP contribution in [0.15, 0.2) is 46.4 Å². The molecule has 0 aliphatic carbocycles. The predicted molar refractivity (Wildman–Crippen MR) is 85.6 cm³/mol. The van der Waals surface area contributed by atoms with E-state index >= 15 is 0 Å². The summed E-state index contributed by atoms with van der Waals surface area (Å²) in [4.78, 5) is 16.4. The molecule has 0 bridgehead atoms. The molecule has 0 radical (unpaired) electrons. The highest BCUT2D eigenvalue weighted by Crippen LogP contribution is 2.40. The smallest absolute Gasteiger partial charge is 0.336 e. The first-order valence-electron chi connectivity index (χ1n) is 6.87. The molecule has 6 heteroatoms. The number of nitriles is 1. The van der Waals surface area contributed by atoms with Crippen molar-refractivity contribution in [2.24, 2.45) is 0 Å². The lowest BCUT2D eigenvalue weighted by atomic mass is 9.83. The second-order valence-electron chi connectivity index (χ2n) is 4.66. The molecule has 1 aromatic rings. The van der Waals surface area contributed by atoms with Gasteiger partial charge >= 0.3 is 5.97 Å². The number of allylic oxidation sites excluding steroid dienone is 2. The van der Waals surface area contributed by atoms with E-state index in [4.69, 9.17) is 4.74 Å². The zero-order valence-electron chi connectivity index (χ0n) is 12.7. The van der Waals surface area contributed by atoms with Crippen molar-refractivity contribution in [1.29, 1.82) is 5.26 Å². The molecule has 2 heterocycles. The molecule has 0 fully saturated rings. The lowest BCUT2D eigenvalue weighted by Crippen LogP contribution is -2.28. The summed E-state index contributed by atoms with van der Waals surface area (Å²) in [5.74, 6) is -0.835. The molecular weight excluding hydrogens is 298 g/mol. The summed E-state index contributed by atoms with van der Waals surface area (Å²) < 4.78 is 5.17. The Hall–Kier alpha value is -2.26. The first kappa shape index (κ1) is 16.1. The van der Waals surface area contributed by atoms with Gasteiger partial charge in [0.25, 0.3) is 0 Å². The molecule has 114 valence electrons. The van der Waals surface area contributed by atoms with Crippen LogP contribution in [0.4, 0.5) is 0 Å². The number of nitrogens with zero attached hydrogens (tertiary/aromatic N) is 2. The van der Waals surface area contributed by atoms with E-state index in [9.17, 15) is 10.1 Å². The average molecular weight is 315 g/mol. The highest BCUT2D eigenvalue weighted by molar-refractivity contribution is 8.02. The number of hydrogen-bond donors (Lipinski definition) is 1. The van der Waals surface area contributed by atoms with Crippen molar-refractivity contribution < 1.29 is 9.53 Å². The van der Waals surface area contributed by atoms with Crippen LogP contribution in [-0.2, 0) is 9.53 Å². The van der Waals surface area contributed by atoms with Crippen LogP contribution >= 0.6 is 11.8 Å². The van der Waals surface area contributed by atoms with Crippen LogP contribution in [0.25, 0.3) is 0 Å². The third-order valence-electron chi connectivity index (χ3n) is 3.39. The Morgan fingerprint density at radius 2 is 2.18 bits per heavy atom. The SMILES string of the molecule is CCOC(=O)C1=C(C)NC(SC)=C(C#N)C1c1ccncc1. The van der Waals surface area contributed by atoms with Gasteiger partial charge in [0, 0.05) is 18.1 Å². The minimum atomic E-state index is -0.434. The summed E-state index contributed by atoms with van der Waals surface area (Å²) in [5.41, 5.74) is 2.56. The molecule has 5 nitrogen and oxygen atoms in total. The maximum absolute atomic E-state index is 12.4. The number of aromatic nitrogens is 1. The topological polar surface area (TPSA) is 75.0 Å². The fourth-order valence-corrected chi connectivity index (χ4v) is 3.08. The molecule has 0 saturated heterocycles. The number of thioether (sulfide) groups is 1. The number of esters is 1. The van der Waals surface area contributed by atoms with Crippen LogP contribution in [0, 0.1) is 11.3 Å². The van der Waals surface area contributed by atoms with Crippen LogP contribution in [0.5, 0.6) is 0 Å². The van der Waals surface area contributed by atoms with Gasteiger partial charge in [0.15, 0.2) is 0 Å². The molecule has 0 spiro atoms. The van der Waals surface area contributed by atoms with Gasteiger partial charge in [-0.25, -0.2) is 4.79 Å². The summed E-state index contributed by atoms with van der Waals surface area (Å²) in [6, 6.07) is 5.87. The van der Waals surface area contributed by atoms with Gasteiger partial charge in [-0.2, -0.15) is 5.26 Å². The number of carbonyl (C=O) groups is 1. The van der Waals surface area contributed by atoms with Crippen LogP contribution in [0.3, 0.4) is 0 Å². The van der Waals surface area contributed by atoms with Crippen molar-refractivity contribution in [3.8, 4) is 6.07 Å². The Labute approximate surface area is 134 Å². The number of carbonyl (C=O) groups excluding carboxylic acids is 1. The van der Waals surface area contributed by atoms with E-state index in [1.165, 1.54) is 11.8 Å². The molecule has 1 N–H and O–H groups in total. The van der Waals surface area contributed by atoms with Crippen molar-refractivity contribution in [2.75, 3.05) is 12.9 Å². The van der Waals surface area contributed by atoms with Gasteiger partial charge in [0.05, 0.1) is 34.8 Å². The fraction of sp³-hybridized carbons (Fsp3) is 0.312. The second-order valence-corrected chi connectivity index (χ2v) is 5.47. The molecule has 1 aliphatic heterocycles. The summed E-state index contributed by atoms with van der Waals surface area (Å²) in [5, 5.41) is 13.5. The van der Waals surface area contributed by atoms with Crippen molar-refractivity contribution in [3.63, 3.8) is 0 Å². The minimum Gasteiger partial charge on any atom is -0.463 e. The van der Waals surface area contributed by atoms with Crippen LogP contribution < -0.4 is 5.32 Å². The van der Waals surface area contributed by atoms with Crippen molar-refractivity contribution in [3.05, 3.63) is 52.0 Å². The monoisotopic (exact) mass is 315 g/mol. The molecule has 1 atom stereocenters. The van der Waals surface area contributed by atoms with E-state index in [1.807, 2.05) is 25.3 Å². The zero-order valence-corrected chi connectivity index (χ0v) is 13.5. The lowest BCUT2D eigenvalue weighted by molar-refractivity contribution is -0.138. The minimum absolute atomic E-state index is 0.291. The van der Waals surface area contributed by atoms with E-state index in [2.05, 4.69) is 16.4 Å². The number of rotatable bonds is 4. The number of pyridine rings is 1. The number of nitrogens with one attached hydrogen (secondary N) is 1. The van der Waals surface area contributed by atoms with Gasteiger partial charge in [-0.3, -0.25) is 4.98 Å². The van der Waals surface area contributed by atoms with Crippen LogP contribution in [0.1, 0.15) is 25.3 Å². The number of hydrogen-bond acceptors (Lipinski definition) is 6. The van der Waals surface area contributed by atoms with E-state index in [-0.39, 0.29) is 0 Å². The van der Waals surface area contributed by atoms with Crippen molar-refractivity contribution >= 4 is 17.7 Å². The van der Waals surface area contributed by atoms with E-state index in [0.717, 1.165) is 10.6 Å². The maximum atomic E-state index is 12.4. The third-order valence-corrected chi connectivity index (χ3v) is 4.12. The van der Waals surface area contributed by atoms with E-state index < -0.39 is 11.9 Å². The fourth-order valence-electron chi connectivity index (χ4n) is 2.44. The molecule has 0 amide bonds. The number of ether oxygens (including phenoxy) is 1. The molecule has 0 aromatic carbocycles. The third kappa shape index (κ3) is 3.00. The Bertz CT molecular complexity index is 674. The Balaban J connectivity index is 2.61. The molecular formula is C16H17N3O2S. The highest BCUT2D eigenvalue weighted by Gasteiger charge is 2.34. The average Bonchev–Trinajstić information content (AvgIpc) is 2.54. The van der Waals surface area contributed by atoms with Crippen molar-refractivity contribution in [2.45, 2.75) is 19.8 Å². The van der Waals surface area contributed by atoms with Gasteiger partial charge in [-0.15, -0.1) is 11.8 Å². The Morgan fingerprint density at radius 1 is 1.50 bits per heavy atom. The van der Waals surface area contributed by atoms with E-state index in [0.29, 0.717) is 23.5 Å². The zero-order chi connectivity index (χ0) is 16.1. The summed E-state index contributed by atoms with van der Waals surface area (Å²) >= 11 is 1.45. The normalized spacial score (nSPS) is 17.8. The molecule has 1 aliphatic rings. The predicted octanol–water partition coefficient (Wildman–Crippen LogP) is 2.70. The first-order valence-corrected chi connectivity index (χ1v) is 8.09. The summed E-state index contributed by atoms with van der Waals surface area (Å²) in [6.45, 7) is 3.88. The molecule has 0 saturated carbocycles. The second kappa shape index (κ2) is 7.14. The van der Waals surface area contributed by atoms with Gasteiger partial charge in [0.1, 0.15) is 0 Å². The number of dihydropyridines is 1. The molecule has 1 unspecified atom stereocenters.